The lowest BCUT2D eigenvalue weighted by molar-refractivity contribution is 0.0121. The molecule has 3 nitrogen and oxygen atoms in total. The van der Waals surface area contributed by atoms with Crippen molar-refractivity contribution in [2.75, 3.05) is 19.6 Å². The van der Waals surface area contributed by atoms with Gasteiger partial charge >= 0.3 is 0 Å². The highest BCUT2D eigenvalue weighted by molar-refractivity contribution is 4.90. The van der Waals surface area contributed by atoms with Crippen LogP contribution in [0.4, 0.5) is 0 Å². The van der Waals surface area contributed by atoms with Gasteiger partial charge in [-0.25, -0.2) is 0 Å². The van der Waals surface area contributed by atoms with Crippen LogP contribution in [0.3, 0.4) is 0 Å². The smallest absolute Gasteiger partial charge is 0.0693 e. The average Bonchev–Trinajstić information content (AvgIpc) is 2.35. The average molecular weight is 282 g/mol. The maximum Gasteiger partial charge on any atom is 0.0693 e. The van der Waals surface area contributed by atoms with Gasteiger partial charge in [-0.1, -0.05) is 27.7 Å². The van der Waals surface area contributed by atoms with Gasteiger partial charge in [0.25, 0.3) is 0 Å². The zero-order valence-electron chi connectivity index (χ0n) is 13.8. The quantitative estimate of drug-likeness (QED) is 0.818. The Morgan fingerprint density at radius 3 is 2.50 bits per heavy atom. The Bertz CT molecular complexity index is 313. The Morgan fingerprint density at radius 2 is 1.90 bits per heavy atom. The van der Waals surface area contributed by atoms with Gasteiger partial charge in [0.1, 0.15) is 0 Å². The lowest BCUT2D eigenvalue weighted by Crippen LogP contribution is -2.49. The third-order valence-corrected chi connectivity index (χ3v) is 5.76. The molecule has 0 aromatic carbocycles. The molecule has 1 aliphatic heterocycles. The first kappa shape index (κ1) is 16.3. The third kappa shape index (κ3) is 3.96. The van der Waals surface area contributed by atoms with Gasteiger partial charge in [0.15, 0.2) is 0 Å². The van der Waals surface area contributed by atoms with E-state index in [0.29, 0.717) is 23.3 Å². The summed E-state index contributed by atoms with van der Waals surface area (Å²) in [6.07, 6.45) is 4.67. The predicted molar refractivity (Wildman–Crippen MR) is 84.5 cm³/mol. The van der Waals surface area contributed by atoms with E-state index >= 15 is 0 Å². The SMILES string of the molecule is CC1CCN(CC2CC(C(C)(C)C)CCC2N)CC1O. The predicted octanol–water partition coefficient (Wildman–Crippen LogP) is 2.48. The van der Waals surface area contributed by atoms with Crippen molar-refractivity contribution in [1.82, 2.24) is 4.90 Å². The van der Waals surface area contributed by atoms with Gasteiger partial charge in [-0.15, -0.1) is 0 Å². The topological polar surface area (TPSA) is 49.5 Å². The summed E-state index contributed by atoms with van der Waals surface area (Å²) in [7, 11) is 0. The van der Waals surface area contributed by atoms with Crippen LogP contribution in [-0.4, -0.2) is 41.8 Å². The molecule has 5 atom stereocenters. The maximum atomic E-state index is 10.1. The minimum atomic E-state index is -0.151. The standard InChI is InChI=1S/C17H34N2O/c1-12-7-8-19(11-16(12)20)10-13-9-14(17(2,3)4)5-6-15(13)18/h12-16,20H,5-11,18H2,1-4H3. The summed E-state index contributed by atoms with van der Waals surface area (Å²) in [6, 6.07) is 0.352. The molecule has 2 fully saturated rings. The molecule has 1 saturated carbocycles. The van der Waals surface area contributed by atoms with Crippen LogP contribution in [-0.2, 0) is 0 Å². The number of aliphatic hydroxyl groups excluding tert-OH is 1. The van der Waals surface area contributed by atoms with Gasteiger partial charge < -0.3 is 15.7 Å². The molecule has 0 bridgehead atoms. The lowest BCUT2D eigenvalue weighted by Gasteiger charge is -2.43. The fourth-order valence-electron chi connectivity index (χ4n) is 3.90. The van der Waals surface area contributed by atoms with Crippen LogP contribution in [0, 0.1) is 23.2 Å². The van der Waals surface area contributed by atoms with Crippen LogP contribution in [0.2, 0.25) is 0 Å². The van der Waals surface area contributed by atoms with Crippen LogP contribution in [0.15, 0.2) is 0 Å². The molecular formula is C17H34N2O. The molecule has 2 aliphatic rings. The van der Waals surface area contributed by atoms with Crippen molar-refractivity contribution in [3.8, 4) is 0 Å². The van der Waals surface area contributed by atoms with Crippen molar-refractivity contribution in [1.29, 1.82) is 0 Å². The number of nitrogens with zero attached hydrogens (tertiary/aromatic N) is 1. The number of aliphatic hydroxyl groups is 1. The zero-order chi connectivity index (χ0) is 14.9. The molecule has 1 heterocycles. The van der Waals surface area contributed by atoms with Crippen molar-refractivity contribution < 1.29 is 5.11 Å². The van der Waals surface area contributed by atoms with Crippen molar-refractivity contribution in [2.24, 2.45) is 28.9 Å². The number of β-amino-alcohol motifs (C(OH)–C–C–N with tert-alkyl or cyclic N) is 1. The molecule has 3 N–H and O–H groups in total. The van der Waals surface area contributed by atoms with Crippen LogP contribution < -0.4 is 5.73 Å². The largest absolute Gasteiger partial charge is 0.392 e. The minimum absolute atomic E-state index is 0.151. The monoisotopic (exact) mass is 282 g/mol. The molecule has 0 aromatic rings. The first-order chi connectivity index (χ1) is 9.27. The zero-order valence-corrected chi connectivity index (χ0v) is 13.8. The minimum Gasteiger partial charge on any atom is -0.392 e. The highest BCUT2D eigenvalue weighted by Gasteiger charge is 2.36. The van der Waals surface area contributed by atoms with Crippen LogP contribution in [0.1, 0.15) is 53.4 Å². The summed E-state index contributed by atoms with van der Waals surface area (Å²) >= 11 is 0. The number of piperidine rings is 1. The third-order valence-electron chi connectivity index (χ3n) is 5.76. The first-order valence-corrected chi connectivity index (χ1v) is 8.43. The van der Waals surface area contributed by atoms with Crippen molar-refractivity contribution in [3.63, 3.8) is 0 Å². The van der Waals surface area contributed by atoms with E-state index in [4.69, 9.17) is 5.73 Å². The summed E-state index contributed by atoms with van der Waals surface area (Å²) in [4.78, 5) is 2.44. The van der Waals surface area contributed by atoms with Gasteiger partial charge in [-0.05, 0) is 55.4 Å². The molecule has 118 valence electrons. The molecule has 1 aliphatic carbocycles. The van der Waals surface area contributed by atoms with Gasteiger partial charge in [-0.2, -0.15) is 0 Å². The summed E-state index contributed by atoms with van der Waals surface area (Å²) in [5.41, 5.74) is 6.77. The van der Waals surface area contributed by atoms with E-state index < -0.39 is 0 Å². The fourth-order valence-corrected chi connectivity index (χ4v) is 3.90. The van der Waals surface area contributed by atoms with E-state index in [9.17, 15) is 5.11 Å². The van der Waals surface area contributed by atoms with E-state index in [2.05, 4.69) is 32.6 Å². The molecule has 5 unspecified atom stereocenters. The lowest BCUT2D eigenvalue weighted by atomic mass is 9.67. The van der Waals surface area contributed by atoms with Gasteiger partial charge in [0.2, 0.25) is 0 Å². The van der Waals surface area contributed by atoms with Gasteiger partial charge in [0.05, 0.1) is 6.10 Å². The molecule has 3 heteroatoms. The number of likely N-dealkylation sites (tertiary alicyclic amines) is 1. The summed E-state index contributed by atoms with van der Waals surface area (Å²) in [5.74, 6) is 1.85. The van der Waals surface area contributed by atoms with Gasteiger partial charge in [0, 0.05) is 19.1 Å². The van der Waals surface area contributed by atoms with Gasteiger partial charge in [-0.3, -0.25) is 0 Å². The van der Waals surface area contributed by atoms with Crippen molar-refractivity contribution in [3.05, 3.63) is 0 Å². The van der Waals surface area contributed by atoms with Crippen molar-refractivity contribution >= 4 is 0 Å². The highest BCUT2D eigenvalue weighted by Crippen LogP contribution is 2.40. The summed E-state index contributed by atoms with van der Waals surface area (Å²) in [6.45, 7) is 12.3. The number of rotatable bonds is 2. The van der Waals surface area contributed by atoms with E-state index in [0.717, 1.165) is 32.0 Å². The molecule has 0 radical (unpaired) electrons. The Morgan fingerprint density at radius 1 is 1.20 bits per heavy atom. The van der Waals surface area contributed by atoms with Crippen LogP contribution in [0.25, 0.3) is 0 Å². The second-order valence-electron chi connectivity index (χ2n) is 8.39. The second kappa shape index (κ2) is 6.33. The number of nitrogens with two attached hydrogens (primary N) is 1. The molecule has 0 spiro atoms. The Balaban J connectivity index is 1.90. The molecule has 20 heavy (non-hydrogen) atoms. The molecule has 0 aromatic heterocycles. The highest BCUT2D eigenvalue weighted by atomic mass is 16.3. The Kier molecular flexibility index (Phi) is 5.14. The van der Waals surface area contributed by atoms with Crippen molar-refractivity contribution in [2.45, 2.75) is 65.5 Å². The number of hydrogen-bond donors (Lipinski definition) is 2. The second-order valence-corrected chi connectivity index (χ2v) is 8.39. The van der Waals surface area contributed by atoms with Crippen LogP contribution >= 0.6 is 0 Å². The van der Waals surface area contributed by atoms with E-state index in [1.54, 1.807) is 0 Å². The Hall–Kier alpha value is -0.120. The fraction of sp³-hybridized carbons (Fsp3) is 1.00. The van der Waals surface area contributed by atoms with Crippen LogP contribution in [0.5, 0.6) is 0 Å². The molecule has 0 amide bonds. The summed E-state index contributed by atoms with van der Waals surface area (Å²) < 4.78 is 0. The van der Waals surface area contributed by atoms with E-state index in [-0.39, 0.29) is 6.10 Å². The maximum absolute atomic E-state index is 10.1. The van der Waals surface area contributed by atoms with E-state index in [1.165, 1.54) is 19.3 Å². The number of hydrogen-bond acceptors (Lipinski definition) is 3. The Labute approximate surface area is 124 Å². The summed E-state index contributed by atoms with van der Waals surface area (Å²) in [5, 5.41) is 10.1. The molecule has 2 rings (SSSR count). The molecule has 1 saturated heterocycles. The molecular weight excluding hydrogens is 248 g/mol. The first-order valence-electron chi connectivity index (χ1n) is 8.43. The normalized spacial score (nSPS) is 40.8. The van der Waals surface area contributed by atoms with E-state index in [1.807, 2.05) is 0 Å².